The molecule has 2 aromatic carbocycles. The van der Waals surface area contributed by atoms with Gasteiger partial charge in [-0.3, -0.25) is 9.59 Å². The van der Waals surface area contributed by atoms with Crippen molar-refractivity contribution in [3.8, 4) is 0 Å². The quantitative estimate of drug-likeness (QED) is 0.717. The van der Waals surface area contributed by atoms with Gasteiger partial charge in [-0.25, -0.2) is 0 Å². The number of amides is 1. The Morgan fingerprint density at radius 3 is 2.59 bits per heavy atom. The zero-order valence-electron chi connectivity index (χ0n) is 15.8. The molecule has 0 aromatic heterocycles. The Morgan fingerprint density at radius 2 is 1.74 bits per heavy atom. The summed E-state index contributed by atoms with van der Waals surface area (Å²) in [5, 5.41) is 0. The van der Waals surface area contributed by atoms with E-state index in [0.717, 1.165) is 44.2 Å². The summed E-state index contributed by atoms with van der Waals surface area (Å²) in [5.74, 6) is 0.222. The Bertz CT molecular complexity index is 828. The van der Waals surface area contributed by atoms with Crippen LogP contribution in [0.15, 0.2) is 48.5 Å². The molecule has 0 spiro atoms. The molecule has 4 rings (SSSR count). The number of hydrogen-bond acceptors (Lipinski definition) is 2. The van der Waals surface area contributed by atoms with Gasteiger partial charge in [-0.15, -0.1) is 0 Å². The van der Waals surface area contributed by atoms with Crippen molar-refractivity contribution in [1.29, 1.82) is 0 Å². The van der Waals surface area contributed by atoms with Crippen molar-refractivity contribution in [2.45, 2.75) is 57.4 Å². The van der Waals surface area contributed by atoms with Crippen LogP contribution in [0.3, 0.4) is 0 Å². The first-order valence-electron chi connectivity index (χ1n) is 10.2. The van der Waals surface area contributed by atoms with E-state index in [1.54, 1.807) is 0 Å². The summed E-state index contributed by atoms with van der Waals surface area (Å²) in [5.41, 5.74) is 4.74. The average molecular weight is 361 g/mol. The highest BCUT2D eigenvalue weighted by Crippen LogP contribution is 2.25. The lowest BCUT2D eigenvalue weighted by molar-refractivity contribution is -0.131. The summed E-state index contributed by atoms with van der Waals surface area (Å²) in [6, 6.07) is 16.7. The highest BCUT2D eigenvalue weighted by molar-refractivity contribution is 5.98. The van der Waals surface area contributed by atoms with E-state index >= 15 is 0 Å². The lowest BCUT2D eigenvalue weighted by Crippen LogP contribution is -2.36. The fourth-order valence-electron chi connectivity index (χ4n) is 4.52. The van der Waals surface area contributed by atoms with Gasteiger partial charge in [-0.05, 0) is 61.3 Å². The second-order valence-electron chi connectivity index (χ2n) is 7.83. The maximum Gasteiger partial charge on any atom is 0.223 e. The summed E-state index contributed by atoms with van der Waals surface area (Å²) >= 11 is 0. The summed E-state index contributed by atoms with van der Waals surface area (Å²) in [6.07, 6.45) is 7.04. The molecule has 1 aliphatic heterocycles. The normalized spacial score (nSPS) is 18.5. The first-order valence-corrected chi connectivity index (χ1v) is 10.2. The number of Topliss-reactive ketones (excluding diaryl/α,β-unsaturated/α-hetero) is 1. The van der Waals surface area contributed by atoms with E-state index in [9.17, 15) is 9.59 Å². The Kier molecular flexibility index (Phi) is 5.38. The van der Waals surface area contributed by atoms with Gasteiger partial charge in [-0.1, -0.05) is 42.5 Å². The second kappa shape index (κ2) is 8.08. The molecule has 1 atom stereocenters. The van der Waals surface area contributed by atoms with Crippen molar-refractivity contribution in [3.63, 3.8) is 0 Å². The zero-order valence-corrected chi connectivity index (χ0v) is 15.8. The van der Waals surface area contributed by atoms with Crippen molar-refractivity contribution in [1.82, 2.24) is 4.90 Å². The van der Waals surface area contributed by atoms with Gasteiger partial charge in [-0.2, -0.15) is 0 Å². The number of nitrogens with zero attached hydrogens (tertiary/aromatic N) is 1. The molecule has 1 amide bonds. The third kappa shape index (κ3) is 4.13. The Morgan fingerprint density at radius 1 is 0.926 bits per heavy atom. The van der Waals surface area contributed by atoms with Gasteiger partial charge in [0.05, 0.1) is 0 Å². The van der Waals surface area contributed by atoms with Crippen LogP contribution in [0.25, 0.3) is 0 Å². The number of ketones is 1. The lowest BCUT2D eigenvalue weighted by Gasteiger charge is -2.25. The van der Waals surface area contributed by atoms with Crippen LogP contribution >= 0.6 is 0 Å². The number of likely N-dealkylation sites (tertiary alicyclic amines) is 1. The summed E-state index contributed by atoms with van der Waals surface area (Å²) in [6.45, 7) is 0.823. The molecule has 1 fully saturated rings. The minimum Gasteiger partial charge on any atom is -0.339 e. The number of rotatable bonds is 6. The van der Waals surface area contributed by atoms with E-state index in [1.165, 1.54) is 23.1 Å². The van der Waals surface area contributed by atoms with Crippen LogP contribution in [0.1, 0.15) is 59.2 Å². The summed E-state index contributed by atoms with van der Waals surface area (Å²) in [7, 11) is 0. The minimum atomic E-state index is 0.0943. The molecule has 1 saturated heterocycles. The maximum atomic E-state index is 12.7. The molecule has 3 heteroatoms. The standard InChI is InChI=1S/C24H27NO2/c26-23(21-12-11-19-8-4-9-20(19)17-21)13-14-24(27)25-15-5-10-22(25)16-18-6-2-1-3-7-18/h1-3,6-7,11-12,17,22H,4-5,8-10,13-16H2/t22-/m1/s1. The van der Waals surface area contributed by atoms with E-state index in [1.807, 2.05) is 35.2 Å². The monoisotopic (exact) mass is 361 g/mol. The third-order valence-corrected chi connectivity index (χ3v) is 6.00. The van der Waals surface area contributed by atoms with Gasteiger partial charge in [0.1, 0.15) is 0 Å². The van der Waals surface area contributed by atoms with Gasteiger partial charge in [0.2, 0.25) is 5.91 Å². The van der Waals surface area contributed by atoms with Gasteiger partial charge < -0.3 is 4.90 Å². The Hall–Kier alpha value is -2.42. The molecule has 1 heterocycles. The van der Waals surface area contributed by atoms with Crippen LogP contribution in [0.5, 0.6) is 0 Å². The molecular weight excluding hydrogens is 334 g/mol. The molecule has 0 unspecified atom stereocenters. The highest BCUT2D eigenvalue weighted by Gasteiger charge is 2.28. The molecule has 0 N–H and O–H groups in total. The van der Waals surface area contributed by atoms with E-state index < -0.39 is 0 Å². The van der Waals surface area contributed by atoms with Crippen molar-refractivity contribution < 1.29 is 9.59 Å². The largest absolute Gasteiger partial charge is 0.339 e. The Balaban J connectivity index is 1.33. The molecule has 0 saturated carbocycles. The Labute approximate surface area is 161 Å². The molecule has 140 valence electrons. The molecule has 0 radical (unpaired) electrons. The second-order valence-corrected chi connectivity index (χ2v) is 7.83. The van der Waals surface area contributed by atoms with Crippen LogP contribution in [0.4, 0.5) is 0 Å². The van der Waals surface area contributed by atoms with Crippen LogP contribution in [0.2, 0.25) is 0 Å². The SMILES string of the molecule is O=C(CCC(=O)N1CCC[C@@H]1Cc1ccccc1)c1ccc2c(c1)CCC2. The minimum absolute atomic E-state index is 0.0943. The summed E-state index contributed by atoms with van der Waals surface area (Å²) < 4.78 is 0. The smallest absolute Gasteiger partial charge is 0.223 e. The molecule has 2 aromatic rings. The molecule has 3 nitrogen and oxygen atoms in total. The first-order chi connectivity index (χ1) is 13.2. The van der Waals surface area contributed by atoms with E-state index in [2.05, 4.69) is 18.2 Å². The maximum absolute atomic E-state index is 12.7. The fourth-order valence-corrected chi connectivity index (χ4v) is 4.52. The number of aryl methyl sites for hydroxylation is 2. The number of carbonyl (C=O) groups excluding carboxylic acids is 2. The van der Waals surface area contributed by atoms with Crippen LogP contribution in [-0.2, 0) is 24.1 Å². The zero-order chi connectivity index (χ0) is 18.6. The van der Waals surface area contributed by atoms with Crippen LogP contribution < -0.4 is 0 Å². The number of benzene rings is 2. The van der Waals surface area contributed by atoms with E-state index in [0.29, 0.717) is 12.8 Å². The van der Waals surface area contributed by atoms with Crippen molar-refractivity contribution in [2.75, 3.05) is 6.54 Å². The number of hydrogen-bond donors (Lipinski definition) is 0. The fraction of sp³-hybridized carbons (Fsp3) is 0.417. The molecule has 0 bridgehead atoms. The van der Waals surface area contributed by atoms with Crippen LogP contribution in [-0.4, -0.2) is 29.2 Å². The van der Waals surface area contributed by atoms with Crippen molar-refractivity contribution in [2.24, 2.45) is 0 Å². The first kappa shape index (κ1) is 18.0. The van der Waals surface area contributed by atoms with E-state index in [-0.39, 0.29) is 17.7 Å². The summed E-state index contributed by atoms with van der Waals surface area (Å²) in [4.78, 5) is 27.3. The lowest BCUT2D eigenvalue weighted by atomic mass is 10.0. The van der Waals surface area contributed by atoms with E-state index in [4.69, 9.17) is 0 Å². The van der Waals surface area contributed by atoms with Crippen LogP contribution in [0, 0.1) is 0 Å². The molecule has 1 aliphatic carbocycles. The molecule has 27 heavy (non-hydrogen) atoms. The third-order valence-electron chi connectivity index (χ3n) is 6.00. The number of fused-ring (bicyclic) bond motifs is 1. The highest BCUT2D eigenvalue weighted by atomic mass is 16.2. The van der Waals surface area contributed by atoms with Crippen molar-refractivity contribution in [3.05, 3.63) is 70.8 Å². The van der Waals surface area contributed by atoms with Crippen molar-refractivity contribution >= 4 is 11.7 Å². The average Bonchev–Trinajstić information content (AvgIpc) is 3.35. The van der Waals surface area contributed by atoms with Gasteiger partial charge >= 0.3 is 0 Å². The predicted octanol–water partition coefficient (Wildman–Crippen LogP) is 4.37. The topological polar surface area (TPSA) is 37.4 Å². The van der Waals surface area contributed by atoms with Gasteiger partial charge in [0.15, 0.2) is 5.78 Å². The molecular formula is C24H27NO2. The van der Waals surface area contributed by atoms with Gasteiger partial charge in [0, 0.05) is 31.0 Å². The predicted molar refractivity (Wildman–Crippen MR) is 107 cm³/mol. The molecule has 2 aliphatic rings. The number of carbonyl (C=O) groups is 2. The van der Waals surface area contributed by atoms with Gasteiger partial charge in [0.25, 0.3) is 0 Å².